The van der Waals surface area contributed by atoms with E-state index in [-0.39, 0.29) is 17.5 Å². The number of aryl methyl sites for hydroxylation is 1. The number of nitrogens with one attached hydrogen (secondary N) is 1. The SMILES string of the molecule is Cc1nnsc1C(=O)N1CCC[C@@H](c2n[nH]c(=O)n2-c2ccccc2)C1. The number of aromatic nitrogens is 5. The summed E-state index contributed by atoms with van der Waals surface area (Å²) in [7, 11) is 0. The second kappa shape index (κ2) is 6.83. The largest absolute Gasteiger partial charge is 0.347 e. The van der Waals surface area contributed by atoms with Crippen molar-refractivity contribution in [2.24, 2.45) is 0 Å². The lowest BCUT2D eigenvalue weighted by Crippen LogP contribution is -2.40. The van der Waals surface area contributed by atoms with Gasteiger partial charge in [-0.2, -0.15) is 5.10 Å². The quantitative estimate of drug-likeness (QED) is 0.757. The number of likely N-dealkylation sites (tertiary alicyclic amines) is 1. The van der Waals surface area contributed by atoms with Gasteiger partial charge in [0.05, 0.1) is 11.4 Å². The number of aromatic amines is 1. The van der Waals surface area contributed by atoms with E-state index in [1.807, 2.05) is 35.2 Å². The van der Waals surface area contributed by atoms with Crippen LogP contribution >= 0.6 is 11.5 Å². The van der Waals surface area contributed by atoms with Crippen molar-refractivity contribution in [1.29, 1.82) is 0 Å². The van der Waals surface area contributed by atoms with Gasteiger partial charge in [-0.3, -0.25) is 4.79 Å². The van der Waals surface area contributed by atoms with Crippen LogP contribution in [-0.4, -0.2) is 48.2 Å². The number of carbonyl (C=O) groups is 1. The zero-order valence-corrected chi connectivity index (χ0v) is 15.1. The molecule has 26 heavy (non-hydrogen) atoms. The Kier molecular flexibility index (Phi) is 4.37. The topological polar surface area (TPSA) is 96.8 Å². The lowest BCUT2D eigenvalue weighted by Gasteiger charge is -2.32. The van der Waals surface area contributed by atoms with Gasteiger partial charge < -0.3 is 4.90 Å². The van der Waals surface area contributed by atoms with Crippen molar-refractivity contribution in [1.82, 2.24) is 29.3 Å². The highest BCUT2D eigenvalue weighted by atomic mass is 32.1. The van der Waals surface area contributed by atoms with Crippen molar-refractivity contribution in [2.45, 2.75) is 25.7 Å². The van der Waals surface area contributed by atoms with Crippen molar-refractivity contribution in [3.63, 3.8) is 0 Å². The minimum Gasteiger partial charge on any atom is -0.337 e. The molecule has 0 aliphatic carbocycles. The van der Waals surface area contributed by atoms with E-state index in [0.29, 0.717) is 29.5 Å². The highest BCUT2D eigenvalue weighted by molar-refractivity contribution is 7.07. The van der Waals surface area contributed by atoms with E-state index < -0.39 is 0 Å². The molecule has 0 unspecified atom stereocenters. The fourth-order valence-corrected chi connectivity index (χ4v) is 3.98. The first kappa shape index (κ1) is 16.6. The van der Waals surface area contributed by atoms with E-state index in [1.54, 1.807) is 11.5 Å². The molecular formula is C17H18N6O2S. The molecule has 3 aromatic rings. The normalized spacial score (nSPS) is 17.4. The predicted molar refractivity (Wildman–Crippen MR) is 96.7 cm³/mol. The highest BCUT2D eigenvalue weighted by Gasteiger charge is 2.30. The van der Waals surface area contributed by atoms with Crippen LogP contribution in [0.25, 0.3) is 5.69 Å². The number of carbonyl (C=O) groups excluding carboxylic acids is 1. The lowest BCUT2D eigenvalue weighted by atomic mass is 9.96. The standard InChI is InChI=1S/C17H18N6O2S/c1-11-14(26-21-18-11)16(24)22-9-5-6-12(10-22)15-19-20-17(25)23(15)13-7-3-2-4-8-13/h2-4,7-8,12H,5-6,9-10H2,1H3,(H,20,25)/t12-/m1/s1. The van der Waals surface area contributed by atoms with Gasteiger partial charge in [0.25, 0.3) is 5.91 Å². The third-order valence-corrected chi connectivity index (χ3v) is 5.45. The second-order valence-corrected chi connectivity index (χ2v) is 7.09. The summed E-state index contributed by atoms with van der Waals surface area (Å²) in [4.78, 5) is 27.4. The molecule has 1 aliphatic heterocycles. The zero-order valence-electron chi connectivity index (χ0n) is 14.3. The van der Waals surface area contributed by atoms with Crippen molar-refractivity contribution >= 4 is 17.4 Å². The molecule has 134 valence electrons. The molecule has 2 aromatic heterocycles. The molecule has 0 bridgehead atoms. The number of hydrogen-bond acceptors (Lipinski definition) is 6. The molecule has 1 saturated heterocycles. The molecule has 3 heterocycles. The zero-order chi connectivity index (χ0) is 18.1. The van der Waals surface area contributed by atoms with Gasteiger partial charge in [0.15, 0.2) is 0 Å². The summed E-state index contributed by atoms with van der Waals surface area (Å²) >= 11 is 1.12. The molecule has 0 spiro atoms. The number of H-pyrrole nitrogens is 1. The van der Waals surface area contributed by atoms with Crippen LogP contribution < -0.4 is 5.69 Å². The smallest absolute Gasteiger partial charge is 0.337 e. The summed E-state index contributed by atoms with van der Waals surface area (Å²) in [5.74, 6) is 0.609. The van der Waals surface area contributed by atoms with Gasteiger partial charge in [0, 0.05) is 19.0 Å². The summed E-state index contributed by atoms with van der Waals surface area (Å²) < 4.78 is 5.45. The Morgan fingerprint density at radius 2 is 2.12 bits per heavy atom. The van der Waals surface area contributed by atoms with E-state index in [9.17, 15) is 9.59 Å². The van der Waals surface area contributed by atoms with Crippen molar-refractivity contribution in [2.75, 3.05) is 13.1 Å². The molecule has 8 nitrogen and oxygen atoms in total. The molecule has 1 atom stereocenters. The monoisotopic (exact) mass is 370 g/mol. The number of piperidine rings is 1. The molecule has 0 radical (unpaired) electrons. The van der Waals surface area contributed by atoms with Gasteiger partial charge in [-0.05, 0) is 43.4 Å². The van der Waals surface area contributed by atoms with Gasteiger partial charge in [-0.15, -0.1) is 5.10 Å². The third kappa shape index (κ3) is 2.94. The van der Waals surface area contributed by atoms with Crippen LogP contribution in [0, 0.1) is 6.92 Å². The Balaban J connectivity index is 1.63. The van der Waals surface area contributed by atoms with E-state index in [0.717, 1.165) is 30.1 Å². The molecule has 1 fully saturated rings. The Morgan fingerprint density at radius 3 is 2.85 bits per heavy atom. The summed E-state index contributed by atoms with van der Waals surface area (Å²) in [6.45, 7) is 3.00. The van der Waals surface area contributed by atoms with E-state index in [1.165, 1.54) is 0 Å². The molecule has 4 rings (SSSR count). The van der Waals surface area contributed by atoms with Gasteiger partial charge in [0.1, 0.15) is 10.7 Å². The van der Waals surface area contributed by atoms with Gasteiger partial charge >= 0.3 is 5.69 Å². The maximum absolute atomic E-state index is 12.8. The lowest BCUT2D eigenvalue weighted by molar-refractivity contribution is 0.0708. The van der Waals surface area contributed by atoms with Crippen LogP contribution in [0.5, 0.6) is 0 Å². The minimum atomic E-state index is -0.267. The molecule has 1 aliphatic rings. The average Bonchev–Trinajstić information content (AvgIpc) is 3.27. The van der Waals surface area contributed by atoms with E-state index >= 15 is 0 Å². The minimum absolute atomic E-state index is 0.00644. The molecule has 9 heteroatoms. The highest BCUT2D eigenvalue weighted by Crippen LogP contribution is 2.28. The maximum Gasteiger partial charge on any atom is 0.347 e. The number of hydrogen-bond donors (Lipinski definition) is 1. The maximum atomic E-state index is 12.8. The van der Waals surface area contributed by atoms with Crippen molar-refractivity contribution in [3.8, 4) is 5.69 Å². The summed E-state index contributed by atoms with van der Waals surface area (Å²) in [6, 6.07) is 9.42. The second-order valence-electron chi connectivity index (χ2n) is 6.34. The van der Waals surface area contributed by atoms with Crippen molar-refractivity contribution in [3.05, 3.63) is 57.2 Å². The van der Waals surface area contributed by atoms with Gasteiger partial charge in [0.2, 0.25) is 0 Å². The fourth-order valence-electron chi connectivity index (χ4n) is 3.35. The molecule has 1 amide bonds. The van der Waals surface area contributed by atoms with Gasteiger partial charge in [-0.25, -0.2) is 14.5 Å². The first-order valence-corrected chi connectivity index (χ1v) is 9.23. The number of para-hydroxylation sites is 1. The summed E-state index contributed by atoms with van der Waals surface area (Å²) in [5.41, 5.74) is 1.16. The van der Waals surface area contributed by atoms with Crippen LogP contribution in [0.2, 0.25) is 0 Å². The first-order valence-electron chi connectivity index (χ1n) is 8.46. The average molecular weight is 370 g/mol. The number of benzene rings is 1. The Morgan fingerprint density at radius 1 is 1.31 bits per heavy atom. The van der Waals surface area contributed by atoms with Crippen LogP contribution in [0.15, 0.2) is 35.1 Å². The molecule has 0 saturated carbocycles. The molecule has 1 aromatic carbocycles. The van der Waals surface area contributed by atoms with Crippen LogP contribution in [0.3, 0.4) is 0 Å². The Bertz CT molecular complexity index is 977. The Labute approximate surface area is 153 Å². The number of nitrogens with zero attached hydrogens (tertiary/aromatic N) is 5. The van der Waals surface area contributed by atoms with Crippen LogP contribution in [0.4, 0.5) is 0 Å². The van der Waals surface area contributed by atoms with E-state index in [2.05, 4.69) is 19.8 Å². The molecule has 1 N–H and O–H groups in total. The van der Waals surface area contributed by atoms with Crippen LogP contribution in [-0.2, 0) is 0 Å². The predicted octanol–water partition coefficient (Wildman–Crippen LogP) is 1.74. The summed E-state index contributed by atoms with van der Waals surface area (Å²) in [6.07, 6.45) is 1.73. The molecular weight excluding hydrogens is 352 g/mol. The number of amides is 1. The fraction of sp³-hybridized carbons (Fsp3) is 0.353. The van der Waals surface area contributed by atoms with E-state index in [4.69, 9.17) is 0 Å². The number of rotatable bonds is 3. The van der Waals surface area contributed by atoms with Gasteiger partial charge in [-0.1, -0.05) is 22.7 Å². The Hall–Kier alpha value is -2.81. The van der Waals surface area contributed by atoms with Crippen molar-refractivity contribution < 1.29 is 4.79 Å². The first-order chi connectivity index (χ1) is 12.6. The third-order valence-electron chi connectivity index (χ3n) is 4.63. The van der Waals surface area contributed by atoms with Crippen LogP contribution in [0.1, 0.15) is 39.9 Å². The summed E-state index contributed by atoms with van der Waals surface area (Å²) in [5, 5.41) is 10.7.